The summed E-state index contributed by atoms with van der Waals surface area (Å²) >= 11 is 0.963. The zero-order chi connectivity index (χ0) is 9.72. The van der Waals surface area contributed by atoms with Gasteiger partial charge in [-0.1, -0.05) is 0 Å². The first-order chi connectivity index (χ1) is 5.45. The molecular formula is C7H6NO3W-. The van der Waals surface area contributed by atoms with Crippen LogP contribution in [0.15, 0.2) is 17.8 Å². The van der Waals surface area contributed by atoms with Gasteiger partial charge in [-0.05, 0) is 0 Å². The Morgan fingerprint density at radius 2 is 2.08 bits per heavy atom. The Balaban J connectivity index is 4.26. The summed E-state index contributed by atoms with van der Waals surface area (Å²) < 4.78 is 0.514. The van der Waals surface area contributed by atoms with E-state index < -0.39 is 10.6 Å². The molecule has 0 atom stereocenters. The van der Waals surface area contributed by atoms with Crippen LogP contribution in [0, 0.1) is 16.7 Å². The van der Waals surface area contributed by atoms with Gasteiger partial charge in [-0.15, -0.1) is 0 Å². The predicted molar refractivity (Wildman–Crippen MR) is 39.6 cm³/mol. The Morgan fingerprint density at radius 3 is 2.42 bits per heavy atom. The third kappa shape index (κ3) is 4.08. The number of hydrogen-bond acceptors (Lipinski definition) is 3. The second-order valence-corrected chi connectivity index (χ2v) is 3.52. The number of rotatable bonds is 4. The summed E-state index contributed by atoms with van der Waals surface area (Å²) in [5, 5.41) is 9.99. The van der Waals surface area contributed by atoms with Crippen molar-refractivity contribution in [2.24, 2.45) is 0 Å². The Labute approximate surface area is 80.5 Å². The number of carbonyl (C=O) groups is 1. The molecule has 0 heterocycles. The van der Waals surface area contributed by atoms with Crippen molar-refractivity contribution in [2.45, 2.75) is 6.92 Å². The van der Waals surface area contributed by atoms with Gasteiger partial charge < -0.3 is 0 Å². The molecule has 0 aliphatic carbocycles. The molecule has 0 saturated carbocycles. The molecule has 0 aliphatic heterocycles. The molecule has 0 amide bonds. The summed E-state index contributed by atoms with van der Waals surface area (Å²) in [5.74, 6) is -0.0996. The van der Waals surface area contributed by atoms with E-state index in [-0.39, 0.29) is 5.78 Å². The standard InChI is InChI=1S/C7H6NO3.W/c1-6(8(10)11)4-3-5-7(2)9;/h1,3-4H,2H3;/q-1;/b4-3-;. The molecule has 0 fully saturated rings. The summed E-state index contributed by atoms with van der Waals surface area (Å²) in [6, 6.07) is 0. The van der Waals surface area contributed by atoms with Crippen LogP contribution in [0.5, 0.6) is 0 Å². The van der Waals surface area contributed by atoms with Crippen molar-refractivity contribution in [1.29, 1.82) is 0 Å². The van der Waals surface area contributed by atoms with E-state index in [2.05, 4.69) is 0 Å². The molecule has 4 nitrogen and oxygen atoms in total. The number of carbonyl (C=O) groups excluding carboxylic acids is 1. The third-order valence-corrected chi connectivity index (χ3v) is 2.48. The van der Waals surface area contributed by atoms with Crippen LogP contribution in [0.4, 0.5) is 0 Å². The van der Waals surface area contributed by atoms with Gasteiger partial charge in [-0.2, -0.15) is 0 Å². The van der Waals surface area contributed by atoms with Crippen LogP contribution >= 0.6 is 0 Å². The van der Waals surface area contributed by atoms with Crippen molar-refractivity contribution in [1.82, 2.24) is 0 Å². The molecule has 0 saturated heterocycles. The zero-order valence-corrected chi connectivity index (χ0v) is 9.25. The van der Waals surface area contributed by atoms with Crippen LogP contribution in [0.1, 0.15) is 6.92 Å². The summed E-state index contributed by atoms with van der Waals surface area (Å²) in [5.41, 5.74) is -0.463. The quantitative estimate of drug-likeness (QED) is 0.324. The molecule has 64 valence electrons. The minimum atomic E-state index is -0.709. The van der Waals surface area contributed by atoms with E-state index in [0.29, 0.717) is 3.90 Å². The van der Waals surface area contributed by atoms with Crippen LogP contribution < -0.4 is 0 Å². The molecule has 0 radical (unpaired) electrons. The molecule has 0 aliphatic rings. The first kappa shape index (κ1) is 11.1. The van der Waals surface area contributed by atoms with Gasteiger partial charge >= 0.3 is 80.2 Å². The van der Waals surface area contributed by atoms with E-state index in [1.807, 2.05) is 0 Å². The predicted octanol–water partition coefficient (Wildman–Crippen LogP) is 0.444. The van der Waals surface area contributed by atoms with E-state index in [9.17, 15) is 14.9 Å². The fourth-order valence-electron chi connectivity index (χ4n) is 0.339. The summed E-state index contributed by atoms with van der Waals surface area (Å²) in [4.78, 5) is 19.9. The summed E-state index contributed by atoms with van der Waals surface area (Å²) in [6.07, 6.45) is 2.47. The molecular weight excluding hydrogens is 330 g/mol. The average Bonchev–Trinajstić information content (AvgIpc) is 1.98. The topological polar surface area (TPSA) is 60.2 Å². The summed E-state index contributed by atoms with van der Waals surface area (Å²) in [7, 11) is 0. The second-order valence-electron chi connectivity index (χ2n) is 1.94. The van der Waals surface area contributed by atoms with Gasteiger partial charge in [-0.25, -0.2) is 0 Å². The fourth-order valence-corrected chi connectivity index (χ4v) is 0.584. The second kappa shape index (κ2) is 4.88. The van der Waals surface area contributed by atoms with Crippen molar-refractivity contribution in [2.75, 3.05) is 0 Å². The Morgan fingerprint density at radius 1 is 1.58 bits per heavy atom. The Hall–Kier alpha value is -0.892. The van der Waals surface area contributed by atoms with Crippen LogP contribution in [0.3, 0.4) is 0 Å². The Kier molecular flexibility index (Phi) is 4.52. The van der Waals surface area contributed by atoms with E-state index in [0.717, 1.165) is 25.4 Å². The fraction of sp³-hybridized carbons (Fsp3) is 0.143. The number of Topliss-reactive ketones (excluding diaryl/α,β-unsaturated/α-hetero) is 1. The van der Waals surface area contributed by atoms with Crippen molar-refractivity contribution in [3.63, 3.8) is 0 Å². The van der Waals surface area contributed by atoms with Crippen molar-refractivity contribution >= 4 is 9.68 Å². The molecule has 0 aromatic carbocycles. The van der Waals surface area contributed by atoms with Crippen LogP contribution in [0.25, 0.3) is 0 Å². The molecule has 0 N–H and O–H groups in total. The SMILES string of the molecule is [CH-]=C(/C=C\[C](=[W])C(C)=O)[N+](=O)[O-]. The minimum absolute atomic E-state index is 0.0996. The van der Waals surface area contributed by atoms with Crippen molar-refractivity contribution < 1.29 is 29.1 Å². The normalized spacial score (nSPS) is 9.75. The van der Waals surface area contributed by atoms with Gasteiger partial charge in [0.25, 0.3) is 0 Å². The van der Waals surface area contributed by atoms with Gasteiger partial charge in [0.15, 0.2) is 0 Å². The maximum absolute atomic E-state index is 10.6. The van der Waals surface area contributed by atoms with Gasteiger partial charge in [-0.3, -0.25) is 0 Å². The van der Waals surface area contributed by atoms with Crippen LogP contribution in [-0.2, 0) is 24.1 Å². The number of nitrogens with zero attached hydrogens (tertiary/aromatic N) is 1. The van der Waals surface area contributed by atoms with Crippen molar-refractivity contribution in [3.05, 3.63) is 34.5 Å². The molecule has 0 aromatic rings. The number of hydrogen-bond donors (Lipinski definition) is 0. The van der Waals surface area contributed by atoms with E-state index in [1.165, 1.54) is 13.0 Å². The number of nitro groups is 1. The monoisotopic (exact) mass is 336 g/mol. The zero-order valence-electron chi connectivity index (χ0n) is 6.31. The molecule has 5 heteroatoms. The molecule has 0 bridgehead atoms. The third-order valence-electron chi connectivity index (χ3n) is 0.963. The van der Waals surface area contributed by atoms with Gasteiger partial charge in [0, 0.05) is 0 Å². The number of ketones is 1. The molecule has 12 heavy (non-hydrogen) atoms. The van der Waals surface area contributed by atoms with E-state index in [1.54, 1.807) is 0 Å². The van der Waals surface area contributed by atoms with Crippen LogP contribution in [-0.4, -0.2) is 14.6 Å². The molecule has 0 unspecified atom stereocenters. The Bertz CT molecular complexity index is 252. The number of allylic oxidation sites excluding steroid dienone is 2. The van der Waals surface area contributed by atoms with Crippen molar-refractivity contribution in [3.8, 4) is 0 Å². The molecule has 0 aromatic heterocycles. The first-order valence-corrected chi connectivity index (χ1v) is 4.41. The maximum atomic E-state index is 10.6. The molecule has 0 spiro atoms. The average molecular weight is 336 g/mol. The van der Waals surface area contributed by atoms with Gasteiger partial charge in [0.1, 0.15) is 0 Å². The van der Waals surface area contributed by atoms with E-state index >= 15 is 0 Å². The molecule has 0 rings (SSSR count). The van der Waals surface area contributed by atoms with Crippen LogP contribution in [0.2, 0.25) is 0 Å². The van der Waals surface area contributed by atoms with E-state index in [4.69, 9.17) is 6.58 Å². The van der Waals surface area contributed by atoms with Gasteiger partial charge in [0.2, 0.25) is 0 Å². The summed E-state index contributed by atoms with van der Waals surface area (Å²) in [6.45, 7) is 6.38. The van der Waals surface area contributed by atoms with Gasteiger partial charge in [0.05, 0.1) is 0 Å². The first-order valence-electron chi connectivity index (χ1n) is 2.95.